The highest BCUT2D eigenvalue weighted by Gasteiger charge is 2.18. The molecule has 1 aromatic rings. The summed E-state index contributed by atoms with van der Waals surface area (Å²) >= 11 is 5.82. The van der Waals surface area contributed by atoms with Crippen LogP contribution >= 0.6 is 11.6 Å². The summed E-state index contributed by atoms with van der Waals surface area (Å²) in [6, 6.07) is 0. The summed E-state index contributed by atoms with van der Waals surface area (Å²) in [5, 5.41) is 8.33. The predicted molar refractivity (Wildman–Crippen MR) is 46.0 cm³/mol. The number of nitrogens with zero attached hydrogens (tertiary/aromatic N) is 4. The van der Waals surface area contributed by atoms with Gasteiger partial charge in [0.15, 0.2) is 0 Å². The standard InChI is InChI=1S/C7H11ClN4/c1-2-11-3-4-12-6(5-11)9-10-7(12)8/h2-5H2,1H3. The van der Waals surface area contributed by atoms with E-state index in [4.69, 9.17) is 11.6 Å². The molecule has 66 valence electrons. The summed E-state index contributed by atoms with van der Waals surface area (Å²) in [5.41, 5.74) is 0. The quantitative estimate of drug-likeness (QED) is 0.650. The van der Waals surface area contributed by atoms with Crippen LogP contribution in [0.1, 0.15) is 12.7 Å². The monoisotopic (exact) mass is 186 g/mol. The normalized spacial score (nSPS) is 17.8. The van der Waals surface area contributed by atoms with E-state index in [1.54, 1.807) is 0 Å². The maximum Gasteiger partial charge on any atom is 0.225 e. The number of rotatable bonds is 1. The van der Waals surface area contributed by atoms with Crippen molar-refractivity contribution in [1.29, 1.82) is 0 Å². The van der Waals surface area contributed by atoms with Gasteiger partial charge in [-0.05, 0) is 18.1 Å². The van der Waals surface area contributed by atoms with E-state index in [1.807, 2.05) is 4.57 Å². The van der Waals surface area contributed by atoms with Crippen molar-refractivity contribution in [2.24, 2.45) is 0 Å². The molecule has 0 atom stereocenters. The minimum Gasteiger partial charge on any atom is -0.299 e. The molecule has 0 N–H and O–H groups in total. The minimum absolute atomic E-state index is 0.515. The molecular formula is C7H11ClN4. The fourth-order valence-electron chi connectivity index (χ4n) is 1.44. The topological polar surface area (TPSA) is 34.0 Å². The third kappa shape index (κ3) is 1.21. The highest BCUT2D eigenvalue weighted by atomic mass is 35.5. The molecule has 2 rings (SSSR count). The number of hydrogen-bond donors (Lipinski definition) is 0. The summed E-state index contributed by atoms with van der Waals surface area (Å²) in [6.45, 7) is 6.03. The van der Waals surface area contributed by atoms with Gasteiger partial charge in [-0.2, -0.15) is 0 Å². The van der Waals surface area contributed by atoms with Gasteiger partial charge >= 0.3 is 0 Å². The van der Waals surface area contributed by atoms with E-state index in [0.29, 0.717) is 5.28 Å². The lowest BCUT2D eigenvalue weighted by Gasteiger charge is -2.25. The third-order valence-corrected chi connectivity index (χ3v) is 2.51. The van der Waals surface area contributed by atoms with Gasteiger partial charge < -0.3 is 0 Å². The van der Waals surface area contributed by atoms with Crippen LogP contribution < -0.4 is 0 Å². The molecule has 0 spiro atoms. The van der Waals surface area contributed by atoms with Crippen molar-refractivity contribution in [2.75, 3.05) is 13.1 Å². The molecule has 12 heavy (non-hydrogen) atoms. The van der Waals surface area contributed by atoms with Gasteiger partial charge in [-0.25, -0.2) is 0 Å². The maximum atomic E-state index is 5.82. The van der Waals surface area contributed by atoms with Crippen molar-refractivity contribution in [3.8, 4) is 0 Å². The molecule has 1 aliphatic rings. The van der Waals surface area contributed by atoms with Crippen molar-refractivity contribution in [2.45, 2.75) is 20.0 Å². The number of hydrogen-bond acceptors (Lipinski definition) is 3. The van der Waals surface area contributed by atoms with Crippen LogP contribution in [0.15, 0.2) is 0 Å². The van der Waals surface area contributed by atoms with Crippen molar-refractivity contribution in [1.82, 2.24) is 19.7 Å². The van der Waals surface area contributed by atoms with Crippen LogP contribution in [0.3, 0.4) is 0 Å². The number of fused-ring (bicyclic) bond motifs is 1. The van der Waals surface area contributed by atoms with E-state index in [2.05, 4.69) is 22.0 Å². The predicted octanol–water partition coefficient (Wildman–Crippen LogP) is 0.767. The molecule has 0 aliphatic carbocycles. The summed E-state index contributed by atoms with van der Waals surface area (Å²) in [4.78, 5) is 2.32. The summed E-state index contributed by atoms with van der Waals surface area (Å²) in [6.07, 6.45) is 0. The Morgan fingerprint density at radius 2 is 2.25 bits per heavy atom. The van der Waals surface area contributed by atoms with Gasteiger partial charge in [-0.15, -0.1) is 10.2 Å². The molecule has 0 bridgehead atoms. The fourth-order valence-corrected chi connectivity index (χ4v) is 1.66. The summed E-state index contributed by atoms with van der Waals surface area (Å²) in [7, 11) is 0. The maximum absolute atomic E-state index is 5.82. The van der Waals surface area contributed by atoms with Gasteiger partial charge in [-0.3, -0.25) is 9.47 Å². The van der Waals surface area contributed by atoms with Gasteiger partial charge in [0.05, 0.1) is 6.54 Å². The summed E-state index contributed by atoms with van der Waals surface area (Å²) < 4.78 is 1.97. The third-order valence-electron chi connectivity index (χ3n) is 2.23. The van der Waals surface area contributed by atoms with Crippen LogP contribution in [-0.2, 0) is 13.1 Å². The molecule has 0 fully saturated rings. The van der Waals surface area contributed by atoms with Gasteiger partial charge in [0.1, 0.15) is 5.82 Å². The smallest absolute Gasteiger partial charge is 0.225 e. The second kappa shape index (κ2) is 3.03. The molecule has 0 amide bonds. The fraction of sp³-hybridized carbons (Fsp3) is 0.714. The highest BCUT2D eigenvalue weighted by Crippen LogP contribution is 2.14. The Hall–Kier alpha value is -0.610. The molecule has 0 saturated carbocycles. The molecule has 0 aromatic carbocycles. The van der Waals surface area contributed by atoms with E-state index in [0.717, 1.165) is 32.0 Å². The molecular weight excluding hydrogens is 176 g/mol. The van der Waals surface area contributed by atoms with Crippen LogP contribution in [0, 0.1) is 0 Å². The number of aromatic nitrogens is 3. The van der Waals surface area contributed by atoms with Crippen LogP contribution in [0.4, 0.5) is 0 Å². The Balaban J connectivity index is 2.24. The van der Waals surface area contributed by atoms with Crippen LogP contribution in [0.5, 0.6) is 0 Å². The van der Waals surface area contributed by atoms with Gasteiger partial charge in [0.2, 0.25) is 5.28 Å². The lowest BCUT2D eigenvalue weighted by atomic mass is 10.3. The van der Waals surface area contributed by atoms with E-state index in [9.17, 15) is 0 Å². The largest absolute Gasteiger partial charge is 0.299 e. The minimum atomic E-state index is 0.515. The van der Waals surface area contributed by atoms with Crippen molar-refractivity contribution < 1.29 is 0 Å². The van der Waals surface area contributed by atoms with Gasteiger partial charge in [-0.1, -0.05) is 6.92 Å². The number of halogens is 1. The lowest BCUT2D eigenvalue weighted by Crippen LogP contribution is -2.33. The van der Waals surface area contributed by atoms with Crippen LogP contribution in [0.25, 0.3) is 0 Å². The second-order valence-corrected chi connectivity index (χ2v) is 3.24. The molecule has 2 heterocycles. The van der Waals surface area contributed by atoms with Crippen molar-refractivity contribution in [3.63, 3.8) is 0 Å². The molecule has 0 unspecified atom stereocenters. The Morgan fingerprint density at radius 1 is 1.42 bits per heavy atom. The van der Waals surface area contributed by atoms with Crippen molar-refractivity contribution in [3.05, 3.63) is 11.1 Å². The first-order valence-electron chi connectivity index (χ1n) is 4.11. The van der Waals surface area contributed by atoms with E-state index in [1.165, 1.54) is 0 Å². The Kier molecular flexibility index (Phi) is 2.02. The van der Waals surface area contributed by atoms with E-state index >= 15 is 0 Å². The van der Waals surface area contributed by atoms with Crippen LogP contribution in [-0.4, -0.2) is 32.8 Å². The zero-order valence-corrected chi connectivity index (χ0v) is 7.75. The number of likely N-dealkylation sites (N-methyl/N-ethyl adjacent to an activating group) is 1. The SMILES string of the molecule is CCN1CCn2c(Cl)nnc2C1. The lowest BCUT2D eigenvalue weighted by molar-refractivity contribution is 0.228. The Bertz CT molecular complexity index is 283. The van der Waals surface area contributed by atoms with Crippen molar-refractivity contribution >= 4 is 11.6 Å². The van der Waals surface area contributed by atoms with Crippen LogP contribution in [0.2, 0.25) is 5.28 Å². The molecule has 5 heteroatoms. The average molecular weight is 187 g/mol. The zero-order valence-electron chi connectivity index (χ0n) is 7.00. The zero-order chi connectivity index (χ0) is 8.55. The molecule has 1 aliphatic heterocycles. The first-order chi connectivity index (χ1) is 5.81. The Morgan fingerprint density at radius 3 is 3.00 bits per heavy atom. The van der Waals surface area contributed by atoms with Gasteiger partial charge in [0, 0.05) is 13.1 Å². The molecule has 4 nitrogen and oxygen atoms in total. The summed E-state index contributed by atoms with van der Waals surface area (Å²) in [5.74, 6) is 0.980. The highest BCUT2D eigenvalue weighted by molar-refractivity contribution is 6.28. The average Bonchev–Trinajstić information content (AvgIpc) is 2.47. The Labute approximate surface area is 76.1 Å². The second-order valence-electron chi connectivity index (χ2n) is 2.91. The first-order valence-corrected chi connectivity index (χ1v) is 4.49. The van der Waals surface area contributed by atoms with Gasteiger partial charge in [0.25, 0.3) is 0 Å². The van der Waals surface area contributed by atoms with E-state index in [-0.39, 0.29) is 0 Å². The molecule has 0 radical (unpaired) electrons. The molecule has 0 saturated heterocycles. The first kappa shape index (κ1) is 8.01. The molecule has 1 aromatic heterocycles. The van der Waals surface area contributed by atoms with E-state index < -0.39 is 0 Å².